The predicted octanol–water partition coefficient (Wildman–Crippen LogP) is 3.23. The molecular weight excluding hydrogens is 256 g/mol. The third kappa shape index (κ3) is 4.31. The zero-order valence-corrected chi connectivity index (χ0v) is 11.8. The number of nitrogens with one attached hydrogen (secondary N) is 1. The molecule has 102 valence electrons. The van der Waals surface area contributed by atoms with E-state index in [0.29, 0.717) is 17.3 Å². The van der Waals surface area contributed by atoms with Crippen LogP contribution in [0.25, 0.3) is 0 Å². The Bertz CT molecular complexity index is 467. The smallest absolute Gasteiger partial charge is 0.224 e. The van der Waals surface area contributed by atoms with Crippen LogP contribution in [0.15, 0.2) is 24.3 Å². The molecule has 2 rings (SSSR count). The number of thiocarbonyl (C=S) groups is 1. The highest BCUT2D eigenvalue weighted by molar-refractivity contribution is 7.80. The molecule has 19 heavy (non-hydrogen) atoms. The monoisotopic (exact) mass is 276 g/mol. The molecule has 1 amide bonds. The van der Waals surface area contributed by atoms with Crippen molar-refractivity contribution in [1.82, 2.24) is 0 Å². The minimum atomic E-state index is 0.0898. The number of carbonyl (C=O) groups excluding carboxylic acids is 1. The summed E-state index contributed by atoms with van der Waals surface area (Å²) in [6.07, 6.45) is 6.82. The van der Waals surface area contributed by atoms with Crippen LogP contribution in [0, 0.1) is 5.92 Å². The lowest BCUT2D eigenvalue weighted by Gasteiger charge is -2.20. The molecule has 4 heteroatoms. The van der Waals surface area contributed by atoms with E-state index in [1.807, 2.05) is 24.3 Å². The number of amides is 1. The molecule has 3 N–H and O–H groups in total. The number of carbonyl (C=O) groups is 1. The molecule has 1 aliphatic carbocycles. The molecule has 1 fully saturated rings. The number of nitrogens with two attached hydrogens (primary N) is 1. The molecule has 0 unspecified atom stereocenters. The Balaban J connectivity index is 1.90. The van der Waals surface area contributed by atoms with Crippen LogP contribution in [-0.4, -0.2) is 10.9 Å². The lowest BCUT2D eigenvalue weighted by atomic mass is 9.87. The maximum absolute atomic E-state index is 12.0. The fraction of sp³-hybridized carbons (Fsp3) is 0.467. The highest BCUT2D eigenvalue weighted by Crippen LogP contribution is 2.26. The quantitative estimate of drug-likeness (QED) is 0.830. The van der Waals surface area contributed by atoms with Gasteiger partial charge in [-0.15, -0.1) is 0 Å². The van der Waals surface area contributed by atoms with Gasteiger partial charge in [-0.25, -0.2) is 0 Å². The van der Waals surface area contributed by atoms with Gasteiger partial charge in [0.25, 0.3) is 0 Å². The first-order valence-electron chi connectivity index (χ1n) is 6.85. The normalized spacial score (nSPS) is 16.0. The van der Waals surface area contributed by atoms with E-state index in [2.05, 4.69) is 5.32 Å². The van der Waals surface area contributed by atoms with Crippen LogP contribution in [-0.2, 0) is 4.79 Å². The van der Waals surface area contributed by atoms with Gasteiger partial charge in [0.1, 0.15) is 4.99 Å². The molecule has 3 nitrogen and oxygen atoms in total. The van der Waals surface area contributed by atoms with Crippen molar-refractivity contribution in [3.63, 3.8) is 0 Å². The molecule has 0 aromatic heterocycles. The van der Waals surface area contributed by atoms with E-state index in [1.165, 1.54) is 32.1 Å². The first kappa shape index (κ1) is 14.0. The van der Waals surface area contributed by atoms with Crippen molar-refractivity contribution in [3.05, 3.63) is 29.8 Å². The van der Waals surface area contributed by atoms with Crippen molar-refractivity contribution >= 4 is 28.8 Å². The van der Waals surface area contributed by atoms with Crippen molar-refractivity contribution in [2.75, 3.05) is 5.32 Å². The summed E-state index contributed by atoms with van der Waals surface area (Å²) in [5.74, 6) is 0.638. The molecule has 0 saturated heterocycles. The van der Waals surface area contributed by atoms with Crippen molar-refractivity contribution in [3.8, 4) is 0 Å². The molecule has 1 aliphatic rings. The molecule has 1 saturated carbocycles. The Morgan fingerprint density at radius 3 is 2.74 bits per heavy atom. The van der Waals surface area contributed by atoms with Gasteiger partial charge in [-0.05, 0) is 30.9 Å². The Hall–Kier alpha value is -1.42. The average molecular weight is 276 g/mol. The Labute approximate surface area is 119 Å². The fourth-order valence-corrected chi connectivity index (χ4v) is 2.74. The van der Waals surface area contributed by atoms with E-state index in [1.54, 1.807) is 0 Å². The lowest BCUT2D eigenvalue weighted by Crippen LogP contribution is -2.18. The van der Waals surface area contributed by atoms with E-state index < -0.39 is 0 Å². The van der Waals surface area contributed by atoms with Gasteiger partial charge < -0.3 is 11.1 Å². The second kappa shape index (κ2) is 6.66. The van der Waals surface area contributed by atoms with Gasteiger partial charge in [-0.3, -0.25) is 4.79 Å². The summed E-state index contributed by atoms with van der Waals surface area (Å²) in [6.45, 7) is 0. The van der Waals surface area contributed by atoms with Crippen LogP contribution in [0.1, 0.15) is 44.1 Å². The Morgan fingerprint density at radius 2 is 2.05 bits per heavy atom. The van der Waals surface area contributed by atoms with Gasteiger partial charge in [0.2, 0.25) is 5.91 Å². The summed E-state index contributed by atoms with van der Waals surface area (Å²) in [5.41, 5.74) is 7.13. The van der Waals surface area contributed by atoms with Crippen LogP contribution < -0.4 is 11.1 Å². The summed E-state index contributed by atoms with van der Waals surface area (Å²) in [7, 11) is 0. The second-order valence-electron chi connectivity index (χ2n) is 5.20. The van der Waals surface area contributed by atoms with Crippen molar-refractivity contribution in [1.29, 1.82) is 0 Å². The fourth-order valence-electron chi connectivity index (χ4n) is 2.62. The van der Waals surface area contributed by atoms with Gasteiger partial charge in [0.15, 0.2) is 0 Å². The number of hydrogen-bond donors (Lipinski definition) is 2. The second-order valence-corrected chi connectivity index (χ2v) is 5.64. The minimum absolute atomic E-state index is 0.0898. The summed E-state index contributed by atoms with van der Waals surface area (Å²) in [6, 6.07) is 7.38. The van der Waals surface area contributed by atoms with Crippen molar-refractivity contribution in [2.24, 2.45) is 11.7 Å². The number of rotatable bonds is 4. The molecule has 0 heterocycles. The van der Waals surface area contributed by atoms with E-state index in [9.17, 15) is 4.79 Å². The molecule has 0 radical (unpaired) electrons. The van der Waals surface area contributed by atoms with Crippen molar-refractivity contribution in [2.45, 2.75) is 38.5 Å². The maximum atomic E-state index is 12.0. The zero-order chi connectivity index (χ0) is 13.7. The van der Waals surface area contributed by atoms with Crippen LogP contribution >= 0.6 is 12.2 Å². The SMILES string of the molecule is NC(=S)c1cccc(NC(=O)CC2CCCCC2)c1. The minimum Gasteiger partial charge on any atom is -0.389 e. The maximum Gasteiger partial charge on any atom is 0.224 e. The number of benzene rings is 1. The Morgan fingerprint density at radius 1 is 1.32 bits per heavy atom. The summed E-state index contributed by atoms with van der Waals surface area (Å²) in [4.78, 5) is 12.3. The first-order valence-corrected chi connectivity index (χ1v) is 7.25. The van der Waals surface area contributed by atoms with Gasteiger partial charge in [-0.2, -0.15) is 0 Å². The molecule has 0 bridgehead atoms. The van der Waals surface area contributed by atoms with Crippen LogP contribution in [0.3, 0.4) is 0 Å². The third-order valence-electron chi connectivity index (χ3n) is 3.63. The molecule has 0 atom stereocenters. The zero-order valence-electron chi connectivity index (χ0n) is 11.0. The topological polar surface area (TPSA) is 55.1 Å². The summed E-state index contributed by atoms with van der Waals surface area (Å²) < 4.78 is 0. The highest BCUT2D eigenvalue weighted by Gasteiger charge is 2.17. The Kier molecular flexibility index (Phi) is 4.91. The molecule has 1 aromatic rings. The largest absolute Gasteiger partial charge is 0.389 e. The van der Waals surface area contributed by atoms with Gasteiger partial charge in [0.05, 0.1) is 0 Å². The van der Waals surface area contributed by atoms with Gasteiger partial charge >= 0.3 is 0 Å². The van der Waals surface area contributed by atoms with E-state index in [4.69, 9.17) is 18.0 Å². The summed E-state index contributed by atoms with van der Waals surface area (Å²) in [5, 5.41) is 2.93. The number of hydrogen-bond acceptors (Lipinski definition) is 2. The predicted molar refractivity (Wildman–Crippen MR) is 82.2 cm³/mol. The van der Waals surface area contributed by atoms with Crippen molar-refractivity contribution < 1.29 is 4.79 Å². The highest BCUT2D eigenvalue weighted by atomic mass is 32.1. The van der Waals surface area contributed by atoms with Crippen LogP contribution in [0.4, 0.5) is 5.69 Å². The lowest BCUT2D eigenvalue weighted by molar-refractivity contribution is -0.117. The van der Waals surface area contributed by atoms with Crippen LogP contribution in [0.2, 0.25) is 0 Å². The first-order chi connectivity index (χ1) is 9.15. The molecule has 0 aliphatic heterocycles. The molecule has 1 aromatic carbocycles. The van der Waals surface area contributed by atoms with E-state index in [0.717, 1.165) is 11.3 Å². The summed E-state index contributed by atoms with van der Waals surface area (Å²) >= 11 is 4.93. The van der Waals surface area contributed by atoms with E-state index >= 15 is 0 Å². The molecular formula is C15H20N2OS. The van der Waals surface area contributed by atoms with E-state index in [-0.39, 0.29) is 5.91 Å². The van der Waals surface area contributed by atoms with Crippen LogP contribution in [0.5, 0.6) is 0 Å². The average Bonchev–Trinajstić information content (AvgIpc) is 2.40. The molecule has 0 spiro atoms. The van der Waals surface area contributed by atoms with Gasteiger partial charge in [0, 0.05) is 17.7 Å². The number of anilines is 1. The third-order valence-corrected chi connectivity index (χ3v) is 3.87. The standard InChI is InChI=1S/C15H20N2OS/c16-15(19)12-7-4-8-13(10-12)17-14(18)9-11-5-2-1-3-6-11/h4,7-8,10-11H,1-3,5-6,9H2,(H2,16,19)(H,17,18). The van der Waals surface area contributed by atoms with Gasteiger partial charge in [-0.1, -0.05) is 43.6 Å².